The van der Waals surface area contributed by atoms with Gasteiger partial charge in [-0.3, -0.25) is 39.4 Å². The van der Waals surface area contributed by atoms with Gasteiger partial charge in [0.25, 0.3) is 0 Å². The first-order valence-corrected chi connectivity index (χ1v) is 14.4. The van der Waals surface area contributed by atoms with Crippen molar-refractivity contribution in [3.8, 4) is 11.5 Å². The number of carbonyl (C=O) groups is 4. The van der Waals surface area contributed by atoms with Gasteiger partial charge in [-0.2, -0.15) is 0 Å². The van der Waals surface area contributed by atoms with Crippen LogP contribution < -0.4 is 14.5 Å². The lowest BCUT2D eigenvalue weighted by molar-refractivity contribution is -0.392. The number of fused-ring (bicyclic) bond motifs is 3. The van der Waals surface area contributed by atoms with Gasteiger partial charge in [0.1, 0.15) is 0 Å². The second-order valence-electron chi connectivity index (χ2n) is 11.9. The molecule has 4 unspecified atom stereocenters. The van der Waals surface area contributed by atoms with Crippen molar-refractivity contribution in [1.82, 2.24) is 0 Å². The molecular formula is C32H28N4O10. The molecule has 4 atom stereocenters. The maximum atomic E-state index is 14.2. The zero-order valence-electron chi connectivity index (χ0n) is 25.2. The Morgan fingerprint density at radius 1 is 1.00 bits per heavy atom. The number of benzene rings is 2. The van der Waals surface area contributed by atoms with Crippen LogP contribution in [0.2, 0.25) is 0 Å². The second-order valence-corrected chi connectivity index (χ2v) is 11.9. The summed E-state index contributed by atoms with van der Waals surface area (Å²) in [5.74, 6) is -5.97. The molecule has 46 heavy (non-hydrogen) atoms. The van der Waals surface area contributed by atoms with Gasteiger partial charge < -0.3 is 14.7 Å². The van der Waals surface area contributed by atoms with E-state index in [-0.39, 0.29) is 63.8 Å². The highest BCUT2D eigenvalue weighted by Crippen LogP contribution is 2.57. The first-order chi connectivity index (χ1) is 21.8. The molecule has 0 bridgehead atoms. The number of phenols is 1. The first-order valence-electron chi connectivity index (χ1n) is 14.4. The van der Waals surface area contributed by atoms with E-state index in [0.29, 0.717) is 5.57 Å². The van der Waals surface area contributed by atoms with Gasteiger partial charge in [0, 0.05) is 54.4 Å². The maximum Gasteiger partial charge on any atom is 0.301 e. The smallest absolute Gasteiger partial charge is 0.301 e. The summed E-state index contributed by atoms with van der Waals surface area (Å²) in [6, 6.07) is 6.71. The number of nitro groups is 2. The van der Waals surface area contributed by atoms with Crippen molar-refractivity contribution in [1.29, 1.82) is 0 Å². The highest BCUT2D eigenvalue weighted by molar-refractivity contribution is 6.25. The van der Waals surface area contributed by atoms with E-state index in [1.54, 1.807) is 18.2 Å². The molecule has 1 N–H and O–H groups in total. The number of rotatable bonds is 6. The van der Waals surface area contributed by atoms with Crippen LogP contribution in [-0.2, 0) is 19.2 Å². The molecule has 0 spiro atoms. The Labute approximate surface area is 261 Å². The number of Topliss-reactive ketones (excluding diaryl/α,β-unsaturated/α-hetero) is 1. The molecule has 236 valence electrons. The van der Waals surface area contributed by atoms with Crippen LogP contribution in [0, 0.1) is 38.0 Å². The number of ether oxygens (including phenoxy) is 1. The summed E-state index contributed by atoms with van der Waals surface area (Å²) in [4.78, 5) is 79.4. The average Bonchev–Trinajstić information content (AvgIpc) is 3.27. The van der Waals surface area contributed by atoms with Crippen LogP contribution in [0.15, 0.2) is 64.8 Å². The predicted octanol–water partition coefficient (Wildman–Crippen LogP) is 3.92. The number of ketones is 2. The van der Waals surface area contributed by atoms with E-state index in [2.05, 4.69) is 0 Å². The number of amides is 2. The monoisotopic (exact) mass is 628 g/mol. The quantitative estimate of drug-likeness (QED) is 0.160. The van der Waals surface area contributed by atoms with E-state index in [4.69, 9.17) is 4.74 Å². The fraction of sp³-hybridized carbons (Fsp3) is 0.312. The predicted molar refractivity (Wildman–Crippen MR) is 163 cm³/mol. The van der Waals surface area contributed by atoms with Crippen LogP contribution in [0.5, 0.6) is 11.5 Å². The third-order valence-electron chi connectivity index (χ3n) is 9.28. The Hall–Kier alpha value is -5.66. The molecule has 0 aromatic heterocycles. The standard InChI is InChI=1S/C32H28N4O10/c1-14-10-23(37)20-13-19-16(25(27(20)29(14)38)17-6-5-7-24(46-4)30(17)39)8-9-18-26(19)32(41)34(31(18)40)15-11-21(35(42)43)28(33(2)3)22(12-15)36(44)45/h5-8,10-12,18-19,25-26,39H,9,13H2,1-4H3. The number of hydrogen-bond donors (Lipinski definition) is 1. The third-order valence-corrected chi connectivity index (χ3v) is 9.28. The van der Waals surface area contributed by atoms with Gasteiger partial charge >= 0.3 is 11.4 Å². The number of methoxy groups -OCH3 is 1. The lowest BCUT2D eigenvalue weighted by atomic mass is 9.59. The Bertz CT molecular complexity index is 1870. The van der Waals surface area contributed by atoms with Crippen LogP contribution in [0.3, 0.4) is 0 Å². The lowest BCUT2D eigenvalue weighted by Gasteiger charge is -2.42. The van der Waals surface area contributed by atoms with E-state index in [1.807, 2.05) is 0 Å². The molecule has 2 aromatic rings. The van der Waals surface area contributed by atoms with Crippen LogP contribution >= 0.6 is 0 Å². The first kappa shape index (κ1) is 30.4. The Kier molecular flexibility index (Phi) is 7.10. The molecule has 3 aliphatic carbocycles. The molecule has 1 fully saturated rings. The fourth-order valence-electron chi connectivity index (χ4n) is 7.36. The van der Waals surface area contributed by atoms with Gasteiger partial charge in [-0.25, -0.2) is 4.90 Å². The molecule has 2 amide bonds. The summed E-state index contributed by atoms with van der Waals surface area (Å²) in [7, 11) is 4.18. The van der Waals surface area contributed by atoms with Gasteiger partial charge in [0.05, 0.1) is 34.5 Å². The molecular weight excluding hydrogens is 600 g/mol. The number of hydrogen-bond acceptors (Lipinski definition) is 11. The van der Waals surface area contributed by atoms with Crippen molar-refractivity contribution < 1.29 is 38.9 Å². The molecule has 14 heteroatoms. The topological polar surface area (TPSA) is 190 Å². The molecule has 0 radical (unpaired) electrons. The van der Waals surface area contributed by atoms with E-state index in [9.17, 15) is 44.5 Å². The molecule has 0 saturated carbocycles. The van der Waals surface area contributed by atoms with Gasteiger partial charge in [0.15, 0.2) is 28.8 Å². The number of allylic oxidation sites excluding steroid dienone is 6. The van der Waals surface area contributed by atoms with Crippen molar-refractivity contribution in [3.63, 3.8) is 0 Å². The molecule has 6 rings (SSSR count). The number of carbonyl (C=O) groups excluding carboxylic acids is 4. The largest absolute Gasteiger partial charge is 0.504 e. The summed E-state index contributed by atoms with van der Waals surface area (Å²) < 4.78 is 5.30. The van der Waals surface area contributed by atoms with Crippen molar-refractivity contribution in [3.05, 3.63) is 90.6 Å². The van der Waals surface area contributed by atoms with Gasteiger partial charge in [-0.1, -0.05) is 23.8 Å². The SMILES string of the molecule is COc1cccc(C2C3=CCC4C(=O)N(c5cc([N+](=O)[O-])c(N(C)C)c([N+](=O)[O-])c5)C(=O)C4C3CC3=C2C(=O)C(C)=CC3=O)c1O. The van der Waals surface area contributed by atoms with Gasteiger partial charge in [-0.15, -0.1) is 0 Å². The number of nitro benzene ring substituents is 2. The van der Waals surface area contributed by atoms with E-state index in [1.165, 1.54) is 45.2 Å². The maximum absolute atomic E-state index is 14.2. The summed E-state index contributed by atoms with van der Waals surface area (Å²) in [6.45, 7) is 1.53. The number of anilines is 2. The summed E-state index contributed by atoms with van der Waals surface area (Å²) in [6.07, 6.45) is 3.00. The zero-order valence-corrected chi connectivity index (χ0v) is 25.2. The summed E-state index contributed by atoms with van der Waals surface area (Å²) >= 11 is 0. The van der Waals surface area contributed by atoms with Gasteiger partial charge in [0.2, 0.25) is 11.8 Å². The van der Waals surface area contributed by atoms with Crippen LogP contribution in [0.25, 0.3) is 0 Å². The van der Waals surface area contributed by atoms with Crippen molar-refractivity contribution in [2.24, 2.45) is 17.8 Å². The van der Waals surface area contributed by atoms with Crippen molar-refractivity contribution in [2.75, 3.05) is 31.0 Å². The van der Waals surface area contributed by atoms with Crippen LogP contribution in [0.4, 0.5) is 22.7 Å². The molecule has 1 saturated heterocycles. The van der Waals surface area contributed by atoms with Crippen molar-refractivity contribution >= 4 is 46.1 Å². The lowest BCUT2D eigenvalue weighted by Crippen LogP contribution is -2.39. The van der Waals surface area contributed by atoms with Crippen LogP contribution in [0.1, 0.15) is 31.2 Å². The van der Waals surface area contributed by atoms with E-state index >= 15 is 0 Å². The number of phenolic OH excluding ortho intramolecular Hbond substituents is 1. The summed E-state index contributed by atoms with van der Waals surface area (Å²) in [5, 5.41) is 35.2. The van der Waals surface area contributed by atoms with Crippen LogP contribution in [-0.4, -0.2) is 59.5 Å². The third kappa shape index (κ3) is 4.31. The Morgan fingerprint density at radius 3 is 2.24 bits per heavy atom. The zero-order chi connectivity index (χ0) is 33.4. The second kappa shape index (κ2) is 10.8. The minimum atomic E-state index is -1.04. The number of nitrogens with zero attached hydrogens (tertiary/aromatic N) is 4. The minimum absolute atomic E-state index is 0.0371. The fourth-order valence-corrected chi connectivity index (χ4v) is 7.36. The van der Waals surface area contributed by atoms with Crippen molar-refractivity contribution in [2.45, 2.75) is 25.7 Å². The Morgan fingerprint density at radius 2 is 1.65 bits per heavy atom. The highest BCUT2D eigenvalue weighted by atomic mass is 16.6. The highest BCUT2D eigenvalue weighted by Gasteiger charge is 2.57. The summed E-state index contributed by atoms with van der Waals surface area (Å²) in [5.41, 5.74) is -0.466. The molecule has 1 aliphatic heterocycles. The average molecular weight is 629 g/mol. The molecule has 4 aliphatic rings. The molecule has 14 nitrogen and oxygen atoms in total. The molecule has 1 heterocycles. The number of imide groups is 1. The molecule has 2 aromatic carbocycles. The Balaban J connectivity index is 1.50. The normalized spacial score (nSPS) is 23.8. The van der Waals surface area contributed by atoms with Gasteiger partial charge in [-0.05, 0) is 37.8 Å². The van der Waals surface area contributed by atoms with E-state index in [0.717, 1.165) is 17.0 Å². The minimum Gasteiger partial charge on any atom is -0.504 e. The number of aromatic hydroxyl groups is 1. The number of para-hydroxylation sites is 1. The van der Waals surface area contributed by atoms with E-state index < -0.39 is 62.5 Å².